The Morgan fingerprint density at radius 3 is 2.50 bits per heavy atom. The number of amides is 1. The van der Waals surface area contributed by atoms with Crippen molar-refractivity contribution in [3.63, 3.8) is 0 Å². The van der Waals surface area contributed by atoms with E-state index in [-0.39, 0.29) is 24.4 Å². The van der Waals surface area contributed by atoms with Crippen molar-refractivity contribution in [2.24, 2.45) is 11.8 Å². The number of aliphatic carboxylic acids is 1. The van der Waals surface area contributed by atoms with E-state index < -0.39 is 12.0 Å². The smallest absolute Gasteiger partial charge is 0.321 e. The van der Waals surface area contributed by atoms with Gasteiger partial charge in [-0.1, -0.05) is 20.8 Å². The number of nitrogens with zero attached hydrogens (tertiary/aromatic N) is 1. The predicted molar refractivity (Wildman–Crippen MR) is 69.2 cm³/mol. The fourth-order valence-corrected chi connectivity index (χ4v) is 2.25. The summed E-state index contributed by atoms with van der Waals surface area (Å²) in [6, 6.07) is -0.411. The van der Waals surface area contributed by atoms with Crippen molar-refractivity contribution in [1.29, 1.82) is 0 Å². The Labute approximate surface area is 109 Å². The van der Waals surface area contributed by atoms with Crippen LogP contribution in [0.5, 0.6) is 0 Å². The molecule has 0 bridgehead atoms. The Balaban J connectivity index is 2.51. The molecule has 1 amide bonds. The third-order valence-electron chi connectivity index (χ3n) is 3.79. The van der Waals surface area contributed by atoms with Gasteiger partial charge in [0.1, 0.15) is 6.04 Å². The Morgan fingerprint density at radius 1 is 1.39 bits per heavy atom. The highest BCUT2D eigenvalue weighted by atomic mass is 16.4. The van der Waals surface area contributed by atoms with Crippen molar-refractivity contribution in [3.05, 3.63) is 0 Å². The lowest BCUT2D eigenvalue weighted by atomic mass is 10.0. The summed E-state index contributed by atoms with van der Waals surface area (Å²) in [5.41, 5.74) is 0. The first-order chi connectivity index (χ1) is 8.32. The average molecular weight is 256 g/mol. The number of carbonyl (C=O) groups excluding carboxylic acids is 1. The van der Waals surface area contributed by atoms with Crippen LogP contribution in [-0.2, 0) is 9.59 Å². The molecule has 0 spiro atoms. The van der Waals surface area contributed by atoms with Gasteiger partial charge in [0, 0.05) is 6.04 Å². The summed E-state index contributed by atoms with van der Waals surface area (Å²) in [6.07, 6.45) is 0.837. The number of hydrogen-bond donors (Lipinski definition) is 2. The summed E-state index contributed by atoms with van der Waals surface area (Å²) in [6.45, 7) is 8.84. The maximum Gasteiger partial charge on any atom is 0.321 e. The van der Waals surface area contributed by atoms with E-state index in [1.807, 2.05) is 27.7 Å². The van der Waals surface area contributed by atoms with Crippen molar-refractivity contribution in [1.82, 2.24) is 10.2 Å². The van der Waals surface area contributed by atoms with Crippen LogP contribution in [0.3, 0.4) is 0 Å². The largest absolute Gasteiger partial charge is 0.480 e. The molecule has 1 heterocycles. The van der Waals surface area contributed by atoms with Crippen LogP contribution in [0.2, 0.25) is 0 Å². The van der Waals surface area contributed by atoms with Crippen LogP contribution in [0.25, 0.3) is 0 Å². The lowest BCUT2D eigenvalue weighted by Crippen LogP contribution is -2.47. The SMILES string of the molecule is CC(C)C(C)NC(=O)CN1CCC(C)C1C(=O)O. The summed E-state index contributed by atoms with van der Waals surface area (Å²) >= 11 is 0. The van der Waals surface area contributed by atoms with Gasteiger partial charge in [0.25, 0.3) is 0 Å². The third-order valence-corrected chi connectivity index (χ3v) is 3.79. The maximum atomic E-state index is 11.8. The van der Waals surface area contributed by atoms with Gasteiger partial charge in [0.05, 0.1) is 6.54 Å². The fourth-order valence-electron chi connectivity index (χ4n) is 2.25. The summed E-state index contributed by atoms with van der Waals surface area (Å²) in [7, 11) is 0. The molecule has 5 heteroatoms. The first-order valence-corrected chi connectivity index (χ1v) is 6.59. The van der Waals surface area contributed by atoms with E-state index in [4.69, 9.17) is 5.11 Å². The third kappa shape index (κ3) is 3.70. The van der Waals surface area contributed by atoms with E-state index >= 15 is 0 Å². The Hall–Kier alpha value is -1.10. The van der Waals surface area contributed by atoms with Gasteiger partial charge in [-0.2, -0.15) is 0 Å². The van der Waals surface area contributed by atoms with Crippen LogP contribution in [0.15, 0.2) is 0 Å². The van der Waals surface area contributed by atoms with Crippen molar-refractivity contribution < 1.29 is 14.7 Å². The molecule has 1 fully saturated rings. The van der Waals surface area contributed by atoms with Gasteiger partial charge in [-0.3, -0.25) is 14.5 Å². The van der Waals surface area contributed by atoms with Crippen molar-refractivity contribution in [2.45, 2.75) is 46.2 Å². The highest BCUT2D eigenvalue weighted by Gasteiger charge is 2.37. The summed E-state index contributed by atoms with van der Waals surface area (Å²) < 4.78 is 0. The molecule has 0 aliphatic carbocycles. The second kappa shape index (κ2) is 6.18. The first-order valence-electron chi connectivity index (χ1n) is 6.59. The minimum absolute atomic E-state index is 0.0865. The number of carboxylic acids is 1. The standard InChI is InChI=1S/C13H24N2O3/c1-8(2)10(4)14-11(16)7-15-6-5-9(3)12(15)13(17)18/h8-10,12H,5-7H2,1-4H3,(H,14,16)(H,17,18). The number of rotatable bonds is 5. The van der Waals surface area contributed by atoms with E-state index in [0.29, 0.717) is 12.5 Å². The topological polar surface area (TPSA) is 69.6 Å². The number of likely N-dealkylation sites (tertiary alicyclic amines) is 1. The molecular weight excluding hydrogens is 232 g/mol. The molecule has 3 unspecified atom stereocenters. The van der Waals surface area contributed by atoms with Gasteiger partial charge in [-0.15, -0.1) is 0 Å². The molecule has 5 nitrogen and oxygen atoms in total. The van der Waals surface area contributed by atoms with E-state index in [2.05, 4.69) is 5.32 Å². The fraction of sp³-hybridized carbons (Fsp3) is 0.846. The number of hydrogen-bond acceptors (Lipinski definition) is 3. The molecule has 18 heavy (non-hydrogen) atoms. The zero-order valence-corrected chi connectivity index (χ0v) is 11.6. The molecule has 0 saturated carbocycles. The van der Waals surface area contributed by atoms with E-state index in [0.717, 1.165) is 6.42 Å². The lowest BCUT2D eigenvalue weighted by molar-refractivity contribution is -0.143. The summed E-state index contributed by atoms with van der Waals surface area (Å²) in [4.78, 5) is 24.8. The number of nitrogens with one attached hydrogen (secondary N) is 1. The highest BCUT2D eigenvalue weighted by Crippen LogP contribution is 2.23. The van der Waals surface area contributed by atoms with Gasteiger partial charge >= 0.3 is 5.97 Å². The molecule has 0 aromatic rings. The van der Waals surface area contributed by atoms with Crippen LogP contribution in [-0.4, -0.2) is 47.1 Å². The highest BCUT2D eigenvalue weighted by molar-refractivity contribution is 5.80. The zero-order chi connectivity index (χ0) is 13.9. The summed E-state index contributed by atoms with van der Waals surface area (Å²) in [5.74, 6) is -0.430. The number of carbonyl (C=O) groups is 2. The molecule has 1 saturated heterocycles. The Bertz CT molecular complexity index is 317. The molecule has 0 aromatic heterocycles. The Kier molecular flexibility index (Phi) is 5.14. The average Bonchev–Trinajstić information content (AvgIpc) is 2.59. The van der Waals surface area contributed by atoms with Gasteiger partial charge in [-0.05, 0) is 31.7 Å². The second-order valence-electron chi connectivity index (χ2n) is 5.62. The van der Waals surface area contributed by atoms with Crippen LogP contribution in [0.1, 0.15) is 34.1 Å². The van der Waals surface area contributed by atoms with Crippen LogP contribution in [0, 0.1) is 11.8 Å². The van der Waals surface area contributed by atoms with Gasteiger partial charge in [0.15, 0.2) is 0 Å². The quantitative estimate of drug-likeness (QED) is 0.768. The van der Waals surface area contributed by atoms with E-state index in [9.17, 15) is 9.59 Å². The van der Waals surface area contributed by atoms with Crippen LogP contribution >= 0.6 is 0 Å². The second-order valence-corrected chi connectivity index (χ2v) is 5.62. The molecular formula is C13H24N2O3. The predicted octanol–water partition coefficient (Wildman–Crippen LogP) is 0.942. The minimum Gasteiger partial charge on any atom is -0.480 e. The zero-order valence-electron chi connectivity index (χ0n) is 11.6. The molecule has 1 aliphatic rings. The van der Waals surface area contributed by atoms with Crippen molar-refractivity contribution in [2.75, 3.05) is 13.1 Å². The van der Waals surface area contributed by atoms with E-state index in [1.165, 1.54) is 0 Å². The monoisotopic (exact) mass is 256 g/mol. The van der Waals surface area contributed by atoms with Gasteiger partial charge in [0.2, 0.25) is 5.91 Å². The molecule has 104 valence electrons. The molecule has 0 radical (unpaired) electrons. The number of carboxylic acid groups (broad SMARTS) is 1. The molecule has 3 atom stereocenters. The first kappa shape index (κ1) is 15.0. The normalized spacial score (nSPS) is 26.3. The molecule has 1 rings (SSSR count). The van der Waals surface area contributed by atoms with E-state index in [1.54, 1.807) is 4.90 Å². The van der Waals surface area contributed by atoms with Crippen LogP contribution < -0.4 is 5.32 Å². The maximum absolute atomic E-state index is 11.8. The van der Waals surface area contributed by atoms with Gasteiger partial charge < -0.3 is 10.4 Å². The van der Waals surface area contributed by atoms with Crippen LogP contribution in [0.4, 0.5) is 0 Å². The van der Waals surface area contributed by atoms with Crippen molar-refractivity contribution >= 4 is 11.9 Å². The molecule has 0 aromatic carbocycles. The van der Waals surface area contributed by atoms with Gasteiger partial charge in [-0.25, -0.2) is 0 Å². The minimum atomic E-state index is -0.829. The summed E-state index contributed by atoms with van der Waals surface area (Å²) in [5, 5.41) is 12.1. The lowest BCUT2D eigenvalue weighted by Gasteiger charge is -2.24. The molecule has 1 aliphatic heterocycles. The molecule has 2 N–H and O–H groups in total. The van der Waals surface area contributed by atoms with Crippen molar-refractivity contribution in [3.8, 4) is 0 Å². The Morgan fingerprint density at radius 2 is 2.00 bits per heavy atom.